The molecule has 1 aliphatic rings. The first kappa shape index (κ1) is 19.7. The third-order valence-electron chi connectivity index (χ3n) is 5.02. The molecule has 5 rings (SSSR count). The van der Waals surface area contributed by atoms with Crippen LogP contribution in [0.2, 0.25) is 0 Å². The van der Waals surface area contributed by atoms with E-state index >= 15 is 0 Å². The Bertz CT molecular complexity index is 909. The SMILES string of the molecule is c1ccc([P+]2(c3ccccc3)N[P+](c3ccccc3)(c3ccccc3)[Se][Se]2)cc1. The number of nitrogens with one attached hydrogen (secondary N) is 1. The summed E-state index contributed by atoms with van der Waals surface area (Å²) in [5.41, 5.74) is 0. The van der Waals surface area contributed by atoms with Crippen LogP contribution in [0.4, 0.5) is 0 Å². The molecule has 29 heavy (non-hydrogen) atoms. The molecule has 1 nitrogen and oxygen atoms in total. The van der Waals surface area contributed by atoms with E-state index in [-0.39, 0.29) is 0 Å². The van der Waals surface area contributed by atoms with Crippen molar-refractivity contribution in [3.05, 3.63) is 121 Å². The molecule has 0 aromatic heterocycles. The second kappa shape index (κ2) is 8.47. The first-order chi connectivity index (χ1) is 14.3. The van der Waals surface area contributed by atoms with Gasteiger partial charge >= 0.3 is 185 Å². The molecule has 0 amide bonds. The molecule has 4 aromatic carbocycles. The normalized spacial score (nSPS) is 17.1. The quantitative estimate of drug-likeness (QED) is 0.304. The van der Waals surface area contributed by atoms with E-state index in [0.29, 0.717) is 25.4 Å². The third kappa shape index (κ3) is 3.57. The van der Waals surface area contributed by atoms with Crippen molar-refractivity contribution in [2.24, 2.45) is 0 Å². The van der Waals surface area contributed by atoms with Crippen molar-refractivity contribution >= 4 is 58.8 Å². The Hall–Kier alpha value is -1.26. The van der Waals surface area contributed by atoms with Crippen molar-refractivity contribution in [1.29, 1.82) is 0 Å². The fraction of sp³-hybridized carbons (Fsp3) is 0. The molecular weight excluding hydrogens is 522 g/mol. The third-order valence-corrected chi connectivity index (χ3v) is 45.7. The zero-order valence-electron chi connectivity index (χ0n) is 15.8. The Kier molecular flexibility index (Phi) is 5.75. The monoisotopic (exact) mass is 545 g/mol. The van der Waals surface area contributed by atoms with Crippen molar-refractivity contribution < 1.29 is 0 Å². The minimum atomic E-state index is -1.61. The van der Waals surface area contributed by atoms with Crippen molar-refractivity contribution in [1.82, 2.24) is 4.86 Å². The Morgan fingerprint density at radius 2 is 0.621 bits per heavy atom. The molecule has 0 saturated carbocycles. The fourth-order valence-electron chi connectivity index (χ4n) is 3.58. The number of hydrogen-bond acceptors (Lipinski definition) is 1. The Labute approximate surface area is 184 Å². The predicted molar refractivity (Wildman–Crippen MR) is 133 cm³/mol. The van der Waals surface area contributed by atoms with Gasteiger partial charge in [0.15, 0.2) is 0 Å². The molecular formula is C24H21NP2Se2+2. The van der Waals surface area contributed by atoms with E-state index in [4.69, 9.17) is 0 Å². The summed E-state index contributed by atoms with van der Waals surface area (Å²) < 4.78 is 0. The number of hydrogen-bond donors (Lipinski definition) is 1. The molecule has 142 valence electrons. The van der Waals surface area contributed by atoms with Gasteiger partial charge in [-0.3, -0.25) is 0 Å². The second-order valence-corrected chi connectivity index (χ2v) is 30.9. The van der Waals surface area contributed by atoms with Gasteiger partial charge in [0, 0.05) is 0 Å². The van der Waals surface area contributed by atoms with Crippen molar-refractivity contribution in [2.75, 3.05) is 0 Å². The summed E-state index contributed by atoms with van der Waals surface area (Å²) in [7, 11) is 0. The van der Waals surface area contributed by atoms with Crippen LogP contribution in [0, 0.1) is 0 Å². The maximum absolute atomic E-state index is 4.46. The zero-order valence-corrected chi connectivity index (χ0v) is 21.0. The van der Waals surface area contributed by atoms with Crippen LogP contribution in [0.1, 0.15) is 0 Å². The van der Waals surface area contributed by atoms with Gasteiger partial charge in [-0.2, -0.15) is 0 Å². The van der Waals surface area contributed by atoms with Gasteiger partial charge in [0.1, 0.15) is 0 Å². The van der Waals surface area contributed by atoms with Gasteiger partial charge in [-0.15, -0.1) is 0 Å². The summed E-state index contributed by atoms with van der Waals surface area (Å²) >= 11 is 1.09. The van der Waals surface area contributed by atoms with Crippen LogP contribution in [0.25, 0.3) is 0 Å². The molecule has 1 fully saturated rings. The van der Waals surface area contributed by atoms with E-state index < -0.39 is 12.2 Å². The molecule has 0 spiro atoms. The standard InChI is InChI=1S/C24H21NP2Se2/c1-5-13-21(14-6-1)26(22-15-7-2-8-16-22)25-27(29-28-26,23-17-9-3-10-18-23)24-19-11-4-12-20-24/h1-20,25H/q+2. The van der Waals surface area contributed by atoms with Gasteiger partial charge in [-0.1, -0.05) is 0 Å². The fourth-order valence-corrected chi connectivity index (χ4v) is 66.1. The van der Waals surface area contributed by atoms with E-state index in [0.717, 1.165) is 0 Å². The average Bonchev–Trinajstić information content (AvgIpc) is 3.25. The Morgan fingerprint density at radius 3 is 0.862 bits per heavy atom. The molecule has 1 saturated heterocycles. The van der Waals surface area contributed by atoms with Crippen LogP contribution in [0.3, 0.4) is 0 Å². The summed E-state index contributed by atoms with van der Waals surface area (Å²) in [6, 6.07) is 45.0. The van der Waals surface area contributed by atoms with Crippen LogP contribution < -0.4 is 26.1 Å². The molecule has 5 heteroatoms. The van der Waals surface area contributed by atoms with E-state index in [1.54, 1.807) is 0 Å². The number of benzene rings is 4. The molecule has 4 aromatic rings. The topological polar surface area (TPSA) is 12.0 Å². The van der Waals surface area contributed by atoms with E-state index in [9.17, 15) is 0 Å². The summed E-state index contributed by atoms with van der Waals surface area (Å²) in [4.78, 5) is 4.46. The van der Waals surface area contributed by atoms with E-state index in [2.05, 4.69) is 126 Å². The first-order valence-corrected chi connectivity index (χ1v) is 21.9. The molecule has 1 aliphatic heterocycles. The molecule has 1 N–H and O–H groups in total. The van der Waals surface area contributed by atoms with Crippen LogP contribution in [-0.2, 0) is 0 Å². The van der Waals surface area contributed by atoms with Gasteiger partial charge < -0.3 is 0 Å². The van der Waals surface area contributed by atoms with Crippen molar-refractivity contribution in [3.8, 4) is 0 Å². The van der Waals surface area contributed by atoms with Crippen molar-refractivity contribution in [3.63, 3.8) is 0 Å². The Balaban J connectivity index is 1.72. The molecule has 0 aliphatic carbocycles. The minimum absolute atomic E-state index is 0.544. The molecule has 0 atom stereocenters. The van der Waals surface area contributed by atoms with Gasteiger partial charge in [0.2, 0.25) is 0 Å². The van der Waals surface area contributed by atoms with E-state index in [1.807, 2.05) is 0 Å². The summed E-state index contributed by atoms with van der Waals surface area (Å²) in [5.74, 6) is 0. The van der Waals surface area contributed by atoms with Crippen LogP contribution in [0.5, 0.6) is 0 Å². The second-order valence-electron chi connectivity index (χ2n) is 6.81. The summed E-state index contributed by atoms with van der Waals surface area (Å²) in [6.07, 6.45) is -3.23. The maximum atomic E-state index is 4.46. The van der Waals surface area contributed by atoms with Gasteiger partial charge in [-0.05, 0) is 0 Å². The Morgan fingerprint density at radius 1 is 0.379 bits per heavy atom. The summed E-state index contributed by atoms with van der Waals surface area (Å²) in [6.45, 7) is 0. The zero-order chi connectivity index (χ0) is 19.6. The summed E-state index contributed by atoms with van der Waals surface area (Å²) in [5, 5.41) is 6.01. The van der Waals surface area contributed by atoms with Crippen LogP contribution in [-0.4, -0.2) is 25.4 Å². The first-order valence-electron chi connectivity index (χ1n) is 9.52. The van der Waals surface area contributed by atoms with Gasteiger partial charge in [0.05, 0.1) is 0 Å². The van der Waals surface area contributed by atoms with Gasteiger partial charge in [-0.25, -0.2) is 0 Å². The predicted octanol–water partition coefficient (Wildman–Crippen LogP) is 3.91. The average molecular weight is 543 g/mol. The van der Waals surface area contributed by atoms with E-state index in [1.165, 1.54) is 21.2 Å². The molecule has 0 radical (unpaired) electrons. The van der Waals surface area contributed by atoms with Gasteiger partial charge in [0.25, 0.3) is 0 Å². The van der Waals surface area contributed by atoms with Crippen molar-refractivity contribution in [2.45, 2.75) is 0 Å². The molecule has 1 heterocycles. The van der Waals surface area contributed by atoms with Crippen LogP contribution in [0.15, 0.2) is 121 Å². The number of rotatable bonds is 4. The van der Waals surface area contributed by atoms with Crippen LogP contribution >= 0.6 is 12.2 Å². The molecule has 0 bridgehead atoms. The molecule has 0 unspecified atom stereocenters.